The van der Waals surface area contributed by atoms with Crippen LogP contribution in [0.4, 0.5) is 6.01 Å². The van der Waals surface area contributed by atoms with Crippen LogP contribution < -0.4 is 10.2 Å². The van der Waals surface area contributed by atoms with Gasteiger partial charge in [-0.3, -0.25) is 0 Å². The molecule has 0 bridgehead atoms. The van der Waals surface area contributed by atoms with E-state index in [1.165, 1.54) is 0 Å². The Morgan fingerprint density at radius 2 is 2.06 bits per heavy atom. The van der Waals surface area contributed by atoms with E-state index in [0.717, 1.165) is 24.8 Å². The zero-order valence-electron chi connectivity index (χ0n) is 10.9. The molecule has 0 saturated carbocycles. The first-order valence-corrected chi connectivity index (χ1v) is 5.99. The first-order valence-electron chi connectivity index (χ1n) is 5.99. The smallest absolute Gasteiger partial charge is 0.297 e. The van der Waals surface area contributed by atoms with Crippen LogP contribution in [-0.2, 0) is 6.54 Å². The maximum absolute atomic E-state index is 5.49. The van der Waals surface area contributed by atoms with Gasteiger partial charge in [-0.2, -0.15) is 4.98 Å². The molecule has 0 unspecified atom stereocenters. The van der Waals surface area contributed by atoms with Crippen LogP contribution in [0.1, 0.15) is 40.3 Å². The lowest BCUT2D eigenvalue weighted by molar-refractivity contribution is 0.515. The molecule has 92 valence electrons. The highest BCUT2D eigenvalue weighted by atomic mass is 16.4. The van der Waals surface area contributed by atoms with Gasteiger partial charge in [-0.05, 0) is 20.8 Å². The second-order valence-electron chi connectivity index (χ2n) is 4.54. The average Bonchev–Trinajstić information content (AvgIpc) is 2.64. The van der Waals surface area contributed by atoms with E-state index in [0.29, 0.717) is 12.1 Å². The van der Waals surface area contributed by atoms with Crippen molar-refractivity contribution in [3.8, 4) is 0 Å². The normalized spacial score (nSPS) is 11.4. The van der Waals surface area contributed by atoms with Gasteiger partial charge in [0, 0.05) is 25.2 Å². The Kier molecular flexibility index (Phi) is 4.80. The second kappa shape index (κ2) is 5.89. The Hall–Kier alpha value is -1.03. The van der Waals surface area contributed by atoms with Gasteiger partial charge in [0.1, 0.15) is 6.26 Å². The maximum Gasteiger partial charge on any atom is 0.297 e. The largest absolute Gasteiger partial charge is 0.432 e. The molecule has 0 atom stereocenters. The molecule has 1 rings (SSSR count). The Morgan fingerprint density at radius 3 is 2.56 bits per heavy atom. The number of hydrogen-bond acceptors (Lipinski definition) is 4. The molecule has 4 nitrogen and oxygen atoms in total. The minimum atomic E-state index is 0.412. The molecule has 0 aliphatic heterocycles. The first-order chi connectivity index (χ1) is 7.54. The minimum Gasteiger partial charge on any atom is -0.432 e. The molecular formula is C12H23N3O. The SMILES string of the molecule is CCN(c1nc(CNC(C)C)co1)C(C)C. The Balaban J connectivity index is 2.62. The summed E-state index contributed by atoms with van der Waals surface area (Å²) in [6.07, 6.45) is 1.73. The zero-order valence-corrected chi connectivity index (χ0v) is 10.9. The van der Waals surface area contributed by atoms with E-state index in [4.69, 9.17) is 4.42 Å². The van der Waals surface area contributed by atoms with Crippen LogP contribution >= 0.6 is 0 Å². The van der Waals surface area contributed by atoms with Gasteiger partial charge in [0.2, 0.25) is 0 Å². The average molecular weight is 225 g/mol. The summed E-state index contributed by atoms with van der Waals surface area (Å²) < 4.78 is 5.49. The molecule has 0 spiro atoms. The molecule has 16 heavy (non-hydrogen) atoms. The van der Waals surface area contributed by atoms with Gasteiger partial charge >= 0.3 is 0 Å². The quantitative estimate of drug-likeness (QED) is 0.807. The van der Waals surface area contributed by atoms with Crippen LogP contribution in [0.3, 0.4) is 0 Å². The van der Waals surface area contributed by atoms with Crippen molar-refractivity contribution in [1.29, 1.82) is 0 Å². The Bertz CT molecular complexity index is 307. The lowest BCUT2D eigenvalue weighted by Crippen LogP contribution is -2.30. The van der Waals surface area contributed by atoms with Crippen molar-refractivity contribution in [1.82, 2.24) is 10.3 Å². The fourth-order valence-electron chi connectivity index (χ4n) is 1.54. The molecule has 0 aliphatic carbocycles. The fraction of sp³-hybridized carbons (Fsp3) is 0.750. The topological polar surface area (TPSA) is 41.3 Å². The third-order valence-corrected chi connectivity index (χ3v) is 2.44. The van der Waals surface area contributed by atoms with Crippen molar-refractivity contribution in [3.63, 3.8) is 0 Å². The summed E-state index contributed by atoms with van der Waals surface area (Å²) in [5.41, 5.74) is 0.961. The molecule has 1 N–H and O–H groups in total. The van der Waals surface area contributed by atoms with E-state index < -0.39 is 0 Å². The standard InChI is InChI=1S/C12H23N3O/c1-6-15(10(4)5)12-14-11(8-16-12)7-13-9(2)3/h8-10,13H,6-7H2,1-5H3. The van der Waals surface area contributed by atoms with E-state index in [9.17, 15) is 0 Å². The lowest BCUT2D eigenvalue weighted by Gasteiger charge is -2.22. The van der Waals surface area contributed by atoms with Gasteiger partial charge in [0.05, 0.1) is 5.69 Å². The highest BCUT2D eigenvalue weighted by Crippen LogP contribution is 2.15. The molecule has 0 fully saturated rings. The first kappa shape index (κ1) is 13.0. The van der Waals surface area contributed by atoms with Crippen LogP contribution in [0.5, 0.6) is 0 Å². The summed E-state index contributed by atoms with van der Waals surface area (Å²) in [5.74, 6) is 0. The van der Waals surface area contributed by atoms with Gasteiger partial charge in [-0.15, -0.1) is 0 Å². The number of hydrogen-bond donors (Lipinski definition) is 1. The predicted octanol–water partition coefficient (Wildman–Crippen LogP) is 2.41. The Labute approximate surface area is 98.0 Å². The molecule has 0 aliphatic rings. The molecule has 1 aromatic heterocycles. The van der Waals surface area contributed by atoms with Crippen molar-refractivity contribution in [2.75, 3.05) is 11.4 Å². The van der Waals surface area contributed by atoms with E-state index in [2.05, 4.69) is 49.8 Å². The van der Waals surface area contributed by atoms with Crippen molar-refractivity contribution in [3.05, 3.63) is 12.0 Å². The molecule has 1 aromatic rings. The van der Waals surface area contributed by atoms with Crippen molar-refractivity contribution in [2.24, 2.45) is 0 Å². The zero-order chi connectivity index (χ0) is 12.1. The van der Waals surface area contributed by atoms with E-state index in [1.54, 1.807) is 6.26 Å². The van der Waals surface area contributed by atoms with Crippen molar-refractivity contribution < 1.29 is 4.42 Å². The third-order valence-electron chi connectivity index (χ3n) is 2.44. The van der Waals surface area contributed by atoms with E-state index >= 15 is 0 Å². The van der Waals surface area contributed by atoms with Crippen LogP contribution in [0.2, 0.25) is 0 Å². The fourth-order valence-corrected chi connectivity index (χ4v) is 1.54. The predicted molar refractivity (Wildman–Crippen MR) is 66.6 cm³/mol. The van der Waals surface area contributed by atoms with E-state index in [1.807, 2.05) is 0 Å². The third kappa shape index (κ3) is 3.52. The van der Waals surface area contributed by atoms with Crippen LogP contribution in [0, 0.1) is 0 Å². The van der Waals surface area contributed by atoms with Crippen molar-refractivity contribution >= 4 is 6.01 Å². The van der Waals surface area contributed by atoms with Gasteiger partial charge in [0.15, 0.2) is 0 Å². The summed E-state index contributed by atoms with van der Waals surface area (Å²) >= 11 is 0. The minimum absolute atomic E-state index is 0.412. The molecule has 4 heteroatoms. The number of oxazole rings is 1. The molecule has 0 radical (unpaired) electrons. The number of anilines is 1. The number of nitrogens with zero attached hydrogens (tertiary/aromatic N) is 2. The molecule has 1 heterocycles. The van der Waals surface area contributed by atoms with Crippen LogP contribution in [0.25, 0.3) is 0 Å². The second-order valence-corrected chi connectivity index (χ2v) is 4.54. The summed E-state index contributed by atoms with van der Waals surface area (Å²) in [7, 11) is 0. The van der Waals surface area contributed by atoms with Crippen LogP contribution in [-0.4, -0.2) is 23.6 Å². The molecule has 0 amide bonds. The number of nitrogens with one attached hydrogen (secondary N) is 1. The van der Waals surface area contributed by atoms with Gasteiger partial charge < -0.3 is 14.6 Å². The lowest BCUT2D eigenvalue weighted by atomic mass is 10.3. The number of rotatable bonds is 6. The highest BCUT2D eigenvalue weighted by Gasteiger charge is 2.14. The monoisotopic (exact) mass is 225 g/mol. The van der Waals surface area contributed by atoms with Gasteiger partial charge in [-0.1, -0.05) is 13.8 Å². The summed E-state index contributed by atoms with van der Waals surface area (Å²) in [5, 5.41) is 3.32. The van der Waals surface area contributed by atoms with Gasteiger partial charge in [0.25, 0.3) is 6.01 Å². The summed E-state index contributed by atoms with van der Waals surface area (Å²) in [6.45, 7) is 12.3. The number of aromatic nitrogens is 1. The maximum atomic E-state index is 5.49. The molecule has 0 aromatic carbocycles. The Morgan fingerprint density at radius 1 is 1.38 bits per heavy atom. The summed E-state index contributed by atoms with van der Waals surface area (Å²) in [4.78, 5) is 6.61. The van der Waals surface area contributed by atoms with E-state index in [-0.39, 0.29) is 0 Å². The van der Waals surface area contributed by atoms with Crippen molar-refractivity contribution in [2.45, 2.75) is 53.2 Å². The molecular weight excluding hydrogens is 202 g/mol. The molecule has 0 saturated heterocycles. The summed E-state index contributed by atoms with van der Waals surface area (Å²) in [6, 6.07) is 1.60. The highest BCUT2D eigenvalue weighted by molar-refractivity contribution is 5.27. The van der Waals surface area contributed by atoms with Crippen LogP contribution in [0.15, 0.2) is 10.7 Å². The van der Waals surface area contributed by atoms with Gasteiger partial charge in [-0.25, -0.2) is 0 Å².